The summed E-state index contributed by atoms with van der Waals surface area (Å²) >= 11 is 11.5. The summed E-state index contributed by atoms with van der Waals surface area (Å²) < 4.78 is 26.9. The van der Waals surface area contributed by atoms with Crippen LogP contribution in [0.5, 0.6) is 0 Å². The molecule has 0 aromatic heterocycles. The molecule has 2 aromatic carbocycles. The van der Waals surface area contributed by atoms with Gasteiger partial charge in [0, 0.05) is 11.6 Å². The number of rotatable bonds is 1. The average molecular weight is 258 g/mol. The first-order chi connectivity index (χ1) is 7.59. The van der Waals surface area contributed by atoms with Gasteiger partial charge in [-0.3, -0.25) is 0 Å². The van der Waals surface area contributed by atoms with E-state index in [0.717, 1.165) is 0 Å². The van der Waals surface area contributed by atoms with Crippen LogP contribution in [0.1, 0.15) is 0 Å². The Morgan fingerprint density at radius 1 is 0.938 bits per heavy atom. The smallest absolute Gasteiger partial charge is 0.134 e. The fourth-order valence-electron chi connectivity index (χ4n) is 1.39. The van der Waals surface area contributed by atoms with Gasteiger partial charge in [-0.2, -0.15) is 0 Å². The highest BCUT2D eigenvalue weighted by molar-refractivity contribution is 6.36. The molecule has 0 heterocycles. The summed E-state index contributed by atoms with van der Waals surface area (Å²) in [6, 6.07) is 9.16. The summed E-state index contributed by atoms with van der Waals surface area (Å²) in [7, 11) is 0. The molecule has 0 amide bonds. The standard InChI is InChI=1S/C12H5Cl2F2/c13-7-4-5-8(9(14)6-7)12-10(15)2-1-3-11(12)16/h1-5H. The van der Waals surface area contributed by atoms with Gasteiger partial charge < -0.3 is 0 Å². The molecular formula is C12H5Cl2F2. The maximum Gasteiger partial charge on any atom is 0.134 e. The fraction of sp³-hybridized carbons (Fsp3) is 0. The van der Waals surface area contributed by atoms with E-state index in [0.29, 0.717) is 5.02 Å². The Hall–Kier alpha value is -1.12. The van der Waals surface area contributed by atoms with Crippen LogP contribution in [0.2, 0.25) is 10.0 Å². The molecule has 16 heavy (non-hydrogen) atoms. The summed E-state index contributed by atoms with van der Waals surface area (Å²) in [6.45, 7) is 0. The highest BCUT2D eigenvalue weighted by Crippen LogP contribution is 2.33. The first-order valence-corrected chi connectivity index (χ1v) is 5.17. The highest BCUT2D eigenvalue weighted by Gasteiger charge is 2.14. The van der Waals surface area contributed by atoms with E-state index in [9.17, 15) is 8.78 Å². The largest absolute Gasteiger partial charge is 0.206 e. The van der Waals surface area contributed by atoms with Crippen molar-refractivity contribution < 1.29 is 8.78 Å². The maximum atomic E-state index is 13.5. The van der Waals surface area contributed by atoms with E-state index in [1.165, 1.54) is 30.3 Å². The lowest BCUT2D eigenvalue weighted by atomic mass is 10.0. The molecule has 81 valence electrons. The molecular weight excluding hydrogens is 253 g/mol. The van der Waals surface area contributed by atoms with Gasteiger partial charge in [0.2, 0.25) is 0 Å². The van der Waals surface area contributed by atoms with Crippen molar-refractivity contribution in [3.05, 3.63) is 58.1 Å². The van der Waals surface area contributed by atoms with Crippen LogP contribution >= 0.6 is 23.2 Å². The minimum Gasteiger partial charge on any atom is -0.206 e. The molecule has 1 radical (unpaired) electrons. The lowest BCUT2D eigenvalue weighted by Crippen LogP contribution is -1.90. The molecule has 0 N–H and O–H groups in total. The van der Waals surface area contributed by atoms with E-state index < -0.39 is 11.6 Å². The summed E-state index contributed by atoms with van der Waals surface area (Å²) in [6.07, 6.45) is 0. The number of hydrogen-bond donors (Lipinski definition) is 0. The summed E-state index contributed by atoms with van der Waals surface area (Å²) in [5.74, 6) is -1.34. The molecule has 0 bridgehead atoms. The first kappa shape index (κ1) is 11.4. The predicted octanol–water partition coefficient (Wildman–Crippen LogP) is 4.74. The average Bonchev–Trinajstić information content (AvgIpc) is 2.20. The Balaban J connectivity index is 2.68. The van der Waals surface area contributed by atoms with Crippen LogP contribution in [0.15, 0.2) is 30.3 Å². The van der Waals surface area contributed by atoms with Crippen LogP contribution in [0.25, 0.3) is 11.1 Å². The first-order valence-electron chi connectivity index (χ1n) is 4.41. The van der Waals surface area contributed by atoms with Crippen molar-refractivity contribution in [1.29, 1.82) is 0 Å². The minimum absolute atomic E-state index is 0.0940. The second-order valence-electron chi connectivity index (χ2n) is 3.13. The van der Waals surface area contributed by atoms with Gasteiger partial charge in [0.25, 0.3) is 0 Å². The van der Waals surface area contributed by atoms with E-state index in [-0.39, 0.29) is 16.1 Å². The Bertz CT molecular complexity index is 518. The molecule has 0 atom stereocenters. The highest BCUT2D eigenvalue weighted by atomic mass is 35.5. The molecule has 0 spiro atoms. The van der Waals surface area contributed by atoms with Crippen LogP contribution in [0, 0.1) is 17.7 Å². The molecule has 2 rings (SSSR count). The predicted molar refractivity (Wildman–Crippen MR) is 60.7 cm³/mol. The quantitative estimate of drug-likeness (QED) is 0.693. The van der Waals surface area contributed by atoms with Crippen molar-refractivity contribution in [2.75, 3.05) is 0 Å². The van der Waals surface area contributed by atoms with Gasteiger partial charge in [0.1, 0.15) is 11.6 Å². The second-order valence-corrected chi connectivity index (χ2v) is 3.92. The van der Waals surface area contributed by atoms with Crippen LogP contribution < -0.4 is 0 Å². The Morgan fingerprint density at radius 3 is 2.12 bits per heavy atom. The topological polar surface area (TPSA) is 0 Å². The third-order valence-corrected chi connectivity index (χ3v) is 2.61. The third-order valence-electron chi connectivity index (χ3n) is 2.09. The van der Waals surface area contributed by atoms with E-state index in [4.69, 9.17) is 23.2 Å². The summed E-state index contributed by atoms with van der Waals surface area (Å²) in [4.78, 5) is 0. The van der Waals surface area contributed by atoms with E-state index in [1.807, 2.05) is 0 Å². The summed E-state index contributed by atoms with van der Waals surface area (Å²) in [5, 5.41) is 0.391. The molecule has 0 aliphatic rings. The monoisotopic (exact) mass is 257 g/mol. The lowest BCUT2D eigenvalue weighted by molar-refractivity contribution is 0.589. The van der Waals surface area contributed by atoms with Gasteiger partial charge in [-0.05, 0) is 18.2 Å². The molecule has 0 nitrogen and oxygen atoms in total. The zero-order valence-electron chi connectivity index (χ0n) is 7.90. The Morgan fingerprint density at radius 2 is 1.56 bits per heavy atom. The zero-order chi connectivity index (χ0) is 11.7. The molecule has 0 aliphatic carbocycles. The van der Waals surface area contributed by atoms with Gasteiger partial charge in [-0.25, -0.2) is 8.78 Å². The Kier molecular flexibility index (Phi) is 3.13. The van der Waals surface area contributed by atoms with E-state index in [1.54, 1.807) is 0 Å². The number of halogens is 4. The van der Waals surface area contributed by atoms with Gasteiger partial charge in [-0.1, -0.05) is 35.3 Å². The maximum absolute atomic E-state index is 13.5. The van der Waals surface area contributed by atoms with Crippen LogP contribution in [0.4, 0.5) is 8.78 Å². The van der Waals surface area contributed by atoms with E-state index >= 15 is 0 Å². The van der Waals surface area contributed by atoms with Gasteiger partial charge >= 0.3 is 0 Å². The molecule has 0 fully saturated rings. The van der Waals surface area contributed by atoms with Crippen LogP contribution in [-0.4, -0.2) is 0 Å². The zero-order valence-corrected chi connectivity index (χ0v) is 9.41. The minimum atomic E-state index is -0.669. The normalized spacial score (nSPS) is 10.5. The van der Waals surface area contributed by atoms with Crippen molar-refractivity contribution >= 4 is 23.2 Å². The van der Waals surface area contributed by atoms with Crippen molar-refractivity contribution in [3.8, 4) is 11.1 Å². The molecule has 2 aromatic rings. The molecule has 0 saturated carbocycles. The lowest BCUT2D eigenvalue weighted by Gasteiger charge is -2.07. The SMILES string of the molecule is Fc1cccc(F)c1-c1ccc(Cl)[c]c1Cl. The van der Waals surface area contributed by atoms with Crippen molar-refractivity contribution in [2.24, 2.45) is 0 Å². The third kappa shape index (κ3) is 2.04. The number of hydrogen-bond acceptors (Lipinski definition) is 0. The van der Waals surface area contributed by atoms with Crippen LogP contribution in [0.3, 0.4) is 0 Å². The second kappa shape index (κ2) is 4.40. The fourth-order valence-corrected chi connectivity index (χ4v) is 1.86. The van der Waals surface area contributed by atoms with Crippen LogP contribution in [-0.2, 0) is 0 Å². The summed E-state index contributed by atoms with van der Waals surface area (Å²) in [5.41, 5.74) is 0.0714. The Labute approximate surface area is 101 Å². The molecule has 0 aliphatic heterocycles. The van der Waals surface area contributed by atoms with Gasteiger partial charge in [0.15, 0.2) is 0 Å². The van der Waals surface area contributed by atoms with Crippen molar-refractivity contribution in [2.45, 2.75) is 0 Å². The van der Waals surface area contributed by atoms with E-state index in [2.05, 4.69) is 6.07 Å². The molecule has 4 heteroatoms. The molecule has 0 unspecified atom stereocenters. The van der Waals surface area contributed by atoms with Gasteiger partial charge in [-0.15, -0.1) is 0 Å². The van der Waals surface area contributed by atoms with Crippen molar-refractivity contribution in [1.82, 2.24) is 0 Å². The molecule has 0 saturated heterocycles. The van der Waals surface area contributed by atoms with Crippen molar-refractivity contribution in [3.63, 3.8) is 0 Å². The van der Waals surface area contributed by atoms with Gasteiger partial charge in [0.05, 0.1) is 15.6 Å². The number of benzene rings is 2.